The van der Waals surface area contributed by atoms with Crippen molar-refractivity contribution in [2.45, 2.75) is 0 Å². The molecule has 0 unspecified atom stereocenters. The minimum atomic E-state index is -1.01. The van der Waals surface area contributed by atoms with Crippen LogP contribution in [0.4, 0.5) is 4.39 Å². The van der Waals surface area contributed by atoms with Crippen LogP contribution < -0.4 is 9.47 Å². The van der Waals surface area contributed by atoms with Gasteiger partial charge in [0.25, 0.3) is 0 Å². The van der Waals surface area contributed by atoms with Gasteiger partial charge in [0, 0.05) is 0 Å². The summed E-state index contributed by atoms with van der Waals surface area (Å²) in [4.78, 5) is 10.8. The van der Waals surface area contributed by atoms with Gasteiger partial charge in [-0.3, -0.25) is 0 Å². The van der Waals surface area contributed by atoms with Gasteiger partial charge in [0.15, 0.2) is 0 Å². The lowest BCUT2D eigenvalue weighted by molar-refractivity contribution is 0.0696. The highest BCUT2D eigenvalue weighted by molar-refractivity contribution is 9.10. The highest BCUT2D eigenvalue weighted by atomic mass is 79.9. The second kappa shape index (κ2) is 7.08. The minimum Gasteiger partial charge on any atom is -0.490 e. The topological polar surface area (TPSA) is 55.8 Å². The van der Waals surface area contributed by atoms with Gasteiger partial charge in [0.1, 0.15) is 30.5 Å². The molecule has 0 aliphatic heterocycles. The molecule has 0 bridgehead atoms. The van der Waals surface area contributed by atoms with Crippen molar-refractivity contribution >= 4 is 21.9 Å². The van der Waals surface area contributed by atoms with E-state index in [1.807, 2.05) is 0 Å². The molecule has 2 aromatic rings. The average molecular weight is 355 g/mol. The highest BCUT2D eigenvalue weighted by Crippen LogP contribution is 2.21. The normalized spacial score (nSPS) is 10.2. The Kier molecular flexibility index (Phi) is 5.16. The van der Waals surface area contributed by atoms with Crippen LogP contribution >= 0.6 is 15.9 Å². The lowest BCUT2D eigenvalue weighted by Gasteiger charge is -2.09. The van der Waals surface area contributed by atoms with Crippen LogP contribution in [0, 0.1) is 5.82 Å². The van der Waals surface area contributed by atoms with E-state index in [2.05, 4.69) is 15.9 Å². The summed E-state index contributed by atoms with van der Waals surface area (Å²) in [5.41, 5.74) is 0.163. The maximum Gasteiger partial charge on any atom is 0.335 e. The third kappa shape index (κ3) is 4.46. The molecule has 0 heterocycles. The number of ether oxygens (including phenoxy) is 2. The fourth-order valence-corrected chi connectivity index (χ4v) is 1.96. The van der Waals surface area contributed by atoms with Gasteiger partial charge < -0.3 is 14.6 Å². The van der Waals surface area contributed by atoms with E-state index in [1.165, 1.54) is 30.3 Å². The third-order valence-electron chi connectivity index (χ3n) is 2.59. The van der Waals surface area contributed by atoms with Crippen LogP contribution in [0.25, 0.3) is 0 Å². The average Bonchev–Trinajstić information content (AvgIpc) is 2.47. The van der Waals surface area contributed by atoms with E-state index in [0.717, 1.165) is 0 Å². The van der Waals surface area contributed by atoms with Crippen molar-refractivity contribution in [1.29, 1.82) is 0 Å². The number of benzene rings is 2. The van der Waals surface area contributed by atoms with Gasteiger partial charge in [0.2, 0.25) is 0 Å². The Morgan fingerprint density at radius 1 is 1.10 bits per heavy atom. The maximum absolute atomic E-state index is 13.0. The van der Waals surface area contributed by atoms with Gasteiger partial charge >= 0.3 is 5.97 Å². The van der Waals surface area contributed by atoms with Gasteiger partial charge in [-0.15, -0.1) is 0 Å². The van der Waals surface area contributed by atoms with Crippen molar-refractivity contribution in [2.24, 2.45) is 0 Å². The first-order valence-corrected chi connectivity index (χ1v) is 6.89. The van der Waals surface area contributed by atoms with E-state index in [-0.39, 0.29) is 24.6 Å². The summed E-state index contributed by atoms with van der Waals surface area (Å²) in [5.74, 6) is -0.387. The molecule has 0 amide bonds. The number of hydrogen-bond acceptors (Lipinski definition) is 3. The number of aromatic carboxylic acids is 1. The summed E-state index contributed by atoms with van der Waals surface area (Å²) >= 11 is 3.07. The van der Waals surface area contributed by atoms with Crippen LogP contribution in [-0.4, -0.2) is 24.3 Å². The summed E-state index contributed by atoms with van der Waals surface area (Å²) in [7, 11) is 0. The number of carboxylic acids is 1. The molecule has 0 aromatic heterocycles. The molecular weight excluding hydrogens is 343 g/mol. The molecule has 0 spiro atoms. The van der Waals surface area contributed by atoms with Crippen LogP contribution in [0.15, 0.2) is 46.9 Å². The zero-order chi connectivity index (χ0) is 15.2. The molecule has 0 radical (unpaired) electrons. The van der Waals surface area contributed by atoms with Gasteiger partial charge in [-0.25, -0.2) is 9.18 Å². The second-order valence-corrected chi connectivity index (χ2v) is 4.96. The fraction of sp³-hybridized carbons (Fsp3) is 0.133. The number of carboxylic acid groups (broad SMARTS) is 1. The SMILES string of the molecule is O=C(O)c1cccc(OCCOc2ccc(F)c(Br)c2)c1. The first kappa shape index (κ1) is 15.3. The maximum atomic E-state index is 13.0. The number of halogens is 2. The molecule has 2 aromatic carbocycles. The molecule has 0 aliphatic rings. The summed E-state index contributed by atoms with van der Waals surface area (Å²) in [6.45, 7) is 0.507. The zero-order valence-corrected chi connectivity index (χ0v) is 12.5. The standard InChI is InChI=1S/C15H12BrFO4/c16-13-9-12(4-5-14(13)17)21-7-6-20-11-3-1-2-10(8-11)15(18)19/h1-5,8-9H,6-7H2,(H,18,19). The molecule has 1 N–H and O–H groups in total. The molecule has 0 atom stereocenters. The monoisotopic (exact) mass is 354 g/mol. The first-order chi connectivity index (χ1) is 10.1. The largest absolute Gasteiger partial charge is 0.490 e. The minimum absolute atomic E-state index is 0.163. The number of rotatable bonds is 6. The lowest BCUT2D eigenvalue weighted by Crippen LogP contribution is -2.09. The van der Waals surface area contributed by atoms with Gasteiger partial charge in [0.05, 0.1) is 10.0 Å². The van der Waals surface area contributed by atoms with Crippen LogP contribution in [0.3, 0.4) is 0 Å². The Bertz CT molecular complexity index is 645. The Morgan fingerprint density at radius 2 is 1.76 bits per heavy atom. The van der Waals surface area contributed by atoms with E-state index in [9.17, 15) is 9.18 Å². The smallest absolute Gasteiger partial charge is 0.335 e. The quantitative estimate of drug-likeness (QED) is 0.802. The third-order valence-corrected chi connectivity index (χ3v) is 3.20. The van der Waals surface area contributed by atoms with Crippen molar-refractivity contribution in [2.75, 3.05) is 13.2 Å². The summed E-state index contributed by atoms with van der Waals surface area (Å²) < 4.78 is 24.2. The molecule has 4 nitrogen and oxygen atoms in total. The molecule has 110 valence electrons. The van der Waals surface area contributed by atoms with Gasteiger partial charge in [-0.1, -0.05) is 6.07 Å². The Hall–Kier alpha value is -2.08. The van der Waals surface area contributed by atoms with E-state index in [0.29, 0.717) is 16.0 Å². The van der Waals surface area contributed by atoms with E-state index in [4.69, 9.17) is 14.6 Å². The van der Waals surface area contributed by atoms with Crippen LogP contribution in [0.2, 0.25) is 0 Å². The first-order valence-electron chi connectivity index (χ1n) is 6.10. The molecule has 2 rings (SSSR count). The molecule has 0 fully saturated rings. The van der Waals surface area contributed by atoms with Gasteiger partial charge in [-0.2, -0.15) is 0 Å². The van der Waals surface area contributed by atoms with Crippen molar-refractivity contribution in [3.63, 3.8) is 0 Å². The van der Waals surface area contributed by atoms with Crippen molar-refractivity contribution in [1.82, 2.24) is 0 Å². The van der Waals surface area contributed by atoms with Crippen LogP contribution in [0.5, 0.6) is 11.5 Å². The van der Waals surface area contributed by atoms with E-state index < -0.39 is 5.97 Å². The molecule has 21 heavy (non-hydrogen) atoms. The van der Waals surface area contributed by atoms with Crippen molar-refractivity contribution in [3.8, 4) is 11.5 Å². The molecular formula is C15H12BrFO4. The van der Waals surface area contributed by atoms with E-state index >= 15 is 0 Å². The second-order valence-electron chi connectivity index (χ2n) is 4.11. The predicted octanol–water partition coefficient (Wildman–Crippen LogP) is 3.74. The summed E-state index contributed by atoms with van der Waals surface area (Å²) in [6, 6.07) is 10.6. The van der Waals surface area contributed by atoms with Gasteiger partial charge in [-0.05, 0) is 52.3 Å². The molecule has 6 heteroatoms. The van der Waals surface area contributed by atoms with Crippen molar-refractivity contribution < 1.29 is 23.8 Å². The highest BCUT2D eigenvalue weighted by Gasteiger charge is 2.04. The number of hydrogen-bond donors (Lipinski definition) is 1. The lowest BCUT2D eigenvalue weighted by atomic mass is 10.2. The Balaban J connectivity index is 1.83. The van der Waals surface area contributed by atoms with E-state index in [1.54, 1.807) is 12.1 Å². The summed E-state index contributed by atoms with van der Waals surface area (Å²) in [5, 5.41) is 8.86. The van der Waals surface area contributed by atoms with Crippen LogP contribution in [0.1, 0.15) is 10.4 Å². The van der Waals surface area contributed by atoms with Crippen LogP contribution in [-0.2, 0) is 0 Å². The zero-order valence-electron chi connectivity index (χ0n) is 10.9. The number of carbonyl (C=O) groups is 1. The summed E-state index contributed by atoms with van der Waals surface area (Å²) in [6.07, 6.45) is 0. The molecule has 0 saturated heterocycles. The molecule has 0 saturated carbocycles. The van der Waals surface area contributed by atoms with Crippen molar-refractivity contribution in [3.05, 3.63) is 58.3 Å². The Labute approximate surface area is 129 Å². The molecule has 0 aliphatic carbocycles. The Morgan fingerprint density at radius 3 is 2.38 bits per heavy atom. The predicted molar refractivity (Wildman–Crippen MR) is 78.5 cm³/mol. The fourth-order valence-electron chi connectivity index (χ4n) is 1.60.